The smallest absolute Gasteiger partial charge is 0.254 e. The van der Waals surface area contributed by atoms with Crippen LogP contribution in [0.5, 0.6) is 0 Å². The van der Waals surface area contributed by atoms with E-state index in [0.717, 1.165) is 30.8 Å². The van der Waals surface area contributed by atoms with Gasteiger partial charge in [0, 0.05) is 34.3 Å². The van der Waals surface area contributed by atoms with Crippen LogP contribution in [0.2, 0.25) is 0 Å². The summed E-state index contributed by atoms with van der Waals surface area (Å²) in [5, 5.41) is 6.60. The van der Waals surface area contributed by atoms with Crippen molar-refractivity contribution in [3.8, 4) is 0 Å². The van der Waals surface area contributed by atoms with Gasteiger partial charge in [-0.1, -0.05) is 6.07 Å². The van der Waals surface area contributed by atoms with E-state index in [1.807, 2.05) is 44.8 Å². The Hall–Kier alpha value is -0.780. The van der Waals surface area contributed by atoms with E-state index in [4.69, 9.17) is 0 Å². The van der Waals surface area contributed by atoms with E-state index >= 15 is 0 Å². The molecule has 1 saturated heterocycles. The summed E-state index contributed by atoms with van der Waals surface area (Å²) in [4.78, 5) is 15.8. The zero-order valence-electron chi connectivity index (χ0n) is 10.5. The van der Waals surface area contributed by atoms with Gasteiger partial charge in [-0.25, -0.2) is 0 Å². The Balaban J connectivity index is 1.66. The molecule has 1 unspecified atom stereocenters. The molecule has 2 aromatic rings. The van der Waals surface area contributed by atoms with Crippen LogP contribution in [-0.2, 0) is 0 Å². The lowest BCUT2D eigenvalue weighted by molar-refractivity contribution is 0.0767. The molecule has 19 heavy (non-hydrogen) atoms. The van der Waals surface area contributed by atoms with Gasteiger partial charge in [0.15, 0.2) is 0 Å². The minimum absolute atomic E-state index is 0.189. The molecule has 0 radical (unpaired) electrons. The highest BCUT2D eigenvalue weighted by atomic mass is 32.2. The molecule has 2 nitrogen and oxygen atoms in total. The molecule has 1 atom stereocenters. The van der Waals surface area contributed by atoms with Gasteiger partial charge in [-0.3, -0.25) is 4.79 Å². The van der Waals surface area contributed by atoms with Gasteiger partial charge in [0.2, 0.25) is 0 Å². The number of rotatable bonds is 2. The maximum absolute atomic E-state index is 12.3. The average molecular weight is 309 g/mol. The molecule has 2 aromatic heterocycles. The summed E-state index contributed by atoms with van der Waals surface area (Å²) in [6.45, 7) is 1.73. The van der Waals surface area contributed by atoms with Gasteiger partial charge in [-0.15, -0.1) is 11.3 Å². The van der Waals surface area contributed by atoms with Crippen molar-refractivity contribution >= 4 is 40.3 Å². The first-order chi connectivity index (χ1) is 9.34. The summed E-state index contributed by atoms with van der Waals surface area (Å²) in [6.07, 6.45) is 1.06. The number of amides is 1. The Morgan fingerprint density at radius 3 is 2.95 bits per heavy atom. The molecule has 5 heteroatoms. The summed E-state index contributed by atoms with van der Waals surface area (Å²) in [6, 6.07) is 6.24. The zero-order valence-corrected chi connectivity index (χ0v) is 12.9. The van der Waals surface area contributed by atoms with E-state index in [2.05, 4.69) is 17.5 Å². The molecule has 0 aliphatic carbocycles. The molecule has 0 spiro atoms. The van der Waals surface area contributed by atoms with Gasteiger partial charge in [0.05, 0.1) is 5.56 Å². The standard InChI is InChI=1S/C14H15NOS3/c16-14(11-4-8-17-10-11)15-5-3-13(19-9-6-15)12-2-1-7-18-12/h1-2,4,7-8,10,13H,3,5-6,9H2. The fraction of sp³-hybridized carbons (Fsp3) is 0.357. The van der Waals surface area contributed by atoms with Gasteiger partial charge in [-0.05, 0) is 29.3 Å². The fourth-order valence-corrected chi connectivity index (χ4v) is 5.11. The normalized spacial score (nSPS) is 20.2. The van der Waals surface area contributed by atoms with E-state index in [0.29, 0.717) is 5.25 Å². The van der Waals surface area contributed by atoms with Crippen LogP contribution in [0.4, 0.5) is 0 Å². The van der Waals surface area contributed by atoms with Gasteiger partial charge in [0.1, 0.15) is 0 Å². The average Bonchev–Trinajstić information content (AvgIpc) is 3.08. The lowest BCUT2D eigenvalue weighted by atomic mass is 10.2. The predicted octanol–water partition coefficient (Wildman–Crippen LogP) is 4.13. The number of carbonyl (C=O) groups excluding carboxylic acids is 1. The van der Waals surface area contributed by atoms with Gasteiger partial charge in [-0.2, -0.15) is 23.1 Å². The monoisotopic (exact) mass is 309 g/mol. The van der Waals surface area contributed by atoms with Crippen molar-refractivity contribution in [3.05, 3.63) is 44.8 Å². The van der Waals surface area contributed by atoms with Crippen LogP contribution < -0.4 is 0 Å². The van der Waals surface area contributed by atoms with Crippen molar-refractivity contribution in [3.63, 3.8) is 0 Å². The predicted molar refractivity (Wildman–Crippen MR) is 84.4 cm³/mol. The summed E-state index contributed by atoms with van der Waals surface area (Å²) in [5.41, 5.74) is 0.838. The molecule has 0 N–H and O–H groups in total. The van der Waals surface area contributed by atoms with Crippen molar-refractivity contribution in [2.24, 2.45) is 0 Å². The van der Waals surface area contributed by atoms with E-state index in [9.17, 15) is 4.79 Å². The van der Waals surface area contributed by atoms with Crippen LogP contribution >= 0.6 is 34.4 Å². The second kappa shape index (κ2) is 6.11. The fourth-order valence-electron chi connectivity index (χ4n) is 2.24. The lowest BCUT2D eigenvalue weighted by Gasteiger charge is -2.19. The summed E-state index contributed by atoms with van der Waals surface area (Å²) < 4.78 is 0. The number of thiophene rings is 2. The van der Waals surface area contributed by atoms with E-state index in [1.165, 1.54) is 4.88 Å². The van der Waals surface area contributed by atoms with Crippen molar-refractivity contribution in [2.75, 3.05) is 18.8 Å². The van der Waals surface area contributed by atoms with Crippen LogP contribution in [0, 0.1) is 0 Å². The molecular weight excluding hydrogens is 294 g/mol. The maximum atomic E-state index is 12.3. The number of carbonyl (C=O) groups is 1. The second-order valence-corrected chi connectivity index (χ2v) is 7.54. The van der Waals surface area contributed by atoms with Gasteiger partial charge in [0.25, 0.3) is 5.91 Å². The quantitative estimate of drug-likeness (QED) is 0.831. The SMILES string of the molecule is O=C(c1ccsc1)N1CCSC(c2cccs2)CC1. The minimum Gasteiger partial charge on any atom is -0.338 e. The van der Waals surface area contributed by atoms with Crippen LogP contribution in [-0.4, -0.2) is 29.6 Å². The van der Waals surface area contributed by atoms with E-state index in [1.54, 1.807) is 11.3 Å². The van der Waals surface area contributed by atoms with Crippen LogP contribution in [0.1, 0.15) is 26.9 Å². The molecule has 3 rings (SSSR count). The highest BCUT2D eigenvalue weighted by Gasteiger charge is 2.23. The summed E-state index contributed by atoms with van der Waals surface area (Å²) >= 11 is 5.39. The first-order valence-electron chi connectivity index (χ1n) is 6.31. The molecule has 1 amide bonds. The third-order valence-electron chi connectivity index (χ3n) is 3.26. The van der Waals surface area contributed by atoms with Crippen molar-refractivity contribution in [1.29, 1.82) is 0 Å². The van der Waals surface area contributed by atoms with Crippen LogP contribution in [0.25, 0.3) is 0 Å². The minimum atomic E-state index is 0.189. The topological polar surface area (TPSA) is 20.3 Å². The summed E-state index contributed by atoms with van der Waals surface area (Å²) in [7, 11) is 0. The Morgan fingerprint density at radius 1 is 1.26 bits per heavy atom. The van der Waals surface area contributed by atoms with Crippen molar-refractivity contribution in [2.45, 2.75) is 11.7 Å². The van der Waals surface area contributed by atoms with E-state index < -0.39 is 0 Å². The molecular formula is C14H15NOS3. The first-order valence-corrected chi connectivity index (χ1v) is 9.18. The molecule has 3 heterocycles. The van der Waals surface area contributed by atoms with Crippen LogP contribution in [0.3, 0.4) is 0 Å². The Labute approximate surface area is 125 Å². The van der Waals surface area contributed by atoms with E-state index in [-0.39, 0.29) is 5.91 Å². The maximum Gasteiger partial charge on any atom is 0.254 e. The number of hydrogen-bond donors (Lipinski definition) is 0. The van der Waals surface area contributed by atoms with Crippen molar-refractivity contribution in [1.82, 2.24) is 4.90 Å². The number of hydrogen-bond acceptors (Lipinski definition) is 4. The zero-order chi connectivity index (χ0) is 13.1. The molecule has 0 bridgehead atoms. The highest BCUT2D eigenvalue weighted by molar-refractivity contribution is 7.99. The van der Waals surface area contributed by atoms with Crippen LogP contribution in [0.15, 0.2) is 34.3 Å². The lowest BCUT2D eigenvalue weighted by Crippen LogP contribution is -2.32. The molecule has 0 saturated carbocycles. The third kappa shape index (κ3) is 3.04. The molecule has 100 valence electrons. The first kappa shape index (κ1) is 13.2. The Morgan fingerprint density at radius 2 is 2.21 bits per heavy atom. The van der Waals surface area contributed by atoms with Gasteiger partial charge >= 0.3 is 0 Å². The van der Waals surface area contributed by atoms with Crippen molar-refractivity contribution < 1.29 is 4.79 Å². The Bertz CT molecular complexity index is 521. The Kier molecular flexibility index (Phi) is 4.25. The highest BCUT2D eigenvalue weighted by Crippen LogP contribution is 2.36. The molecule has 0 aromatic carbocycles. The number of nitrogens with zero attached hydrogens (tertiary/aromatic N) is 1. The second-order valence-electron chi connectivity index (χ2n) is 4.47. The summed E-state index contributed by atoms with van der Waals surface area (Å²) in [5.74, 6) is 1.21. The molecule has 1 aliphatic rings. The third-order valence-corrected chi connectivity index (χ3v) is 6.39. The molecule has 1 aliphatic heterocycles. The van der Waals surface area contributed by atoms with Gasteiger partial charge < -0.3 is 4.90 Å². The number of thioether (sulfide) groups is 1. The molecule has 1 fully saturated rings. The largest absolute Gasteiger partial charge is 0.338 e.